The third-order valence-electron chi connectivity index (χ3n) is 2.81. The highest BCUT2D eigenvalue weighted by Crippen LogP contribution is 2.26. The molecule has 0 bridgehead atoms. The number of fused-ring (bicyclic) bond motifs is 1. The quantitative estimate of drug-likeness (QED) is 0.733. The van der Waals surface area contributed by atoms with E-state index in [1.54, 1.807) is 0 Å². The first kappa shape index (κ1) is 11.6. The lowest BCUT2D eigenvalue weighted by Gasteiger charge is -2.07. The molecular formula is C13H8F3N3. The summed E-state index contributed by atoms with van der Waals surface area (Å²) in [5, 5.41) is 0. The number of rotatable bonds is 1. The number of imidazole rings is 1. The summed E-state index contributed by atoms with van der Waals surface area (Å²) < 4.78 is 41.8. The Kier molecular flexibility index (Phi) is 2.45. The first-order chi connectivity index (χ1) is 9.08. The molecule has 3 rings (SSSR count). The van der Waals surface area contributed by atoms with Crippen molar-refractivity contribution in [2.24, 2.45) is 0 Å². The fourth-order valence-corrected chi connectivity index (χ4v) is 1.99. The largest absolute Gasteiger partial charge is 0.369 e. The van der Waals surface area contributed by atoms with Crippen molar-refractivity contribution in [2.45, 2.75) is 0 Å². The minimum atomic E-state index is -0.670. The van der Waals surface area contributed by atoms with Crippen LogP contribution in [0.25, 0.3) is 16.7 Å². The van der Waals surface area contributed by atoms with Gasteiger partial charge in [-0.1, -0.05) is 6.07 Å². The number of anilines is 1. The van der Waals surface area contributed by atoms with Gasteiger partial charge >= 0.3 is 0 Å². The molecule has 1 aromatic heterocycles. The minimum Gasteiger partial charge on any atom is -0.369 e. The highest BCUT2D eigenvalue weighted by Gasteiger charge is 2.16. The maximum atomic E-state index is 13.8. The van der Waals surface area contributed by atoms with Gasteiger partial charge in [0.25, 0.3) is 0 Å². The molecule has 0 fully saturated rings. The maximum Gasteiger partial charge on any atom is 0.206 e. The number of hydrogen-bond donors (Lipinski definition) is 1. The van der Waals surface area contributed by atoms with Gasteiger partial charge in [-0.05, 0) is 24.3 Å². The summed E-state index contributed by atoms with van der Waals surface area (Å²) in [7, 11) is 0. The standard InChI is InChI=1S/C13H8F3N3/c14-7-4-5-8(15)11(6-7)19-10-3-1-2-9(16)12(10)18-13(19)17/h1-6H,(H2,17,18). The Morgan fingerprint density at radius 3 is 2.58 bits per heavy atom. The summed E-state index contributed by atoms with van der Waals surface area (Å²) in [6.45, 7) is 0. The molecule has 3 nitrogen and oxygen atoms in total. The van der Waals surface area contributed by atoms with Gasteiger partial charge in [-0.25, -0.2) is 18.2 Å². The number of para-hydroxylation sites is 1. The second-order valence-corrected chi connectivity index (χ2v) is 4.01. The van der Waals surface area contributed by atoms with Crippen LogP contribution in [-0.4, -0.2) is 9.55 Å². The van der Waals surface area contributed by atoms with Crippen LogP contribution >= 0.6 is 0 Å². The number of nitrogen functional groups attached to an aromatic ring is 1. The summed E-state index contributed by atoms with van der Waals surface area (Å²) in [5.74, 6) is -1.96. The third kappa shape index (κ3) is 1.72. The lowest BCUT2D eigenvalue weighted by molar-refractivity contribution is 0.594. The van der Waals surface area contributed by atoms with Gasteiger partial charge in [0.15, 0.2) is 5.82 Å². The Bertz CT molecular complexity index is 780. The average Bonchev–Trinajstić information content (AvgIpc) is 2.70. The molecule has 0 saturated heterocycles. The molecular weight excluding hydrogens is 255 g/mol. The van der Waals surface area contributed by atoms with E-state index in [-0.39, 0.29) is 22.7 Å². The summed E-state index contributed by atoms with van der Waals surface area (Å²) in [4.78, 5) is 3.84. The molecule has 0 aliphatic carbocycles. The number of nitrogens with zero attached hydrogens (tertiary/aromatic N) is 2. The van der Waals surface area contributed by atoms with E-state index in [2.05, 4.69) is 4.98 Å². The van der Waals surface area contributed by atoms with Crippen LogP contribution in [-0.2, 0) is 0 Å². The molecule has 3 aromatic rings. The Morgan fingerprint density at radius 1 is 1.00 bits per heavy atom. The Balaban J connectivity index is 2.39. The van der Waals surface area contributed by atoms with Crippen molar-refractivity contribution in [3.8, 4) is 5.69 Å². The molecule has 1 heterocycles. The van der Waals surface area contributed by atoms with E-state index < -0.39 is 17.5 Å². The van der Waals surface area contributed by atoms with Crippen molar-refractivity contribution in [1.29, 1.82) is 0 Å². The van der Waals surface area contributed by atoms with Crippen LogP contribution < -0.4 is 5.73 Å². The van der Waals surface area contributed by atoms with E-state index in [4.69, 9.17) is 5.73 Å². The molecule has 0 aliphatic rings. The highest BCUT2D eigenvalue weighted by atomic mass is 19.1. The van der Waals surface area contributed by atoms with Gasteiger partial charge < -0.3 is 5.73 Å². The topological polar surface area (TPSA) is 43.8 Å². The molecule has 6 heteroatoms. The lowest BCUT2D eigenvalue weighted by atomic mass is 10.2. The Hall–Kier alpha value is -2.50. The summed E-state index contributed by atoms with van der Waals surface area (Å²) in [6, 6.07) is 7.17. The zero-order valence-electron chi connectivity index (χ0n) is 9.57. The van der Waals surface area contributed by atoms with Crippen molar-refractivity contribution < 1.29 is 13.2 Å². The highest BCUT2D eigenvalue weighted by molar-refractivity contribution is 5.81. The van der Waals surface area contributed by atoms with Crippen LogP contribution in [0, 0.1) is 17.5 Å². The number of hydrogen-bond acceptors (Lipinski definition) is 2. The van der Waals surface area contributed by atoms with E-state index in [0.717, 1.165) is 18.2 Å². The van der Waals surface area contributed by atoms with E-state index in [1.165, 1.54) is 22.8 Å². The Morgan fingerprint density at radius 2 is 1.79 bits per heavy atom. The second kappa shape index (κ2) is 4.01. The fraction of sp³-hybridized carbons (Fsp3) is 0. The number of benzene rings is 2. The van der Waals surface area contributed by atoms with Crippen LogP contribution in [0.5, 0.6) is 0 Å². The minimum absolute atomic E-state index is 0.0173. The molecule has 0 unspecified atom stereocenters. The van der Waals surface area contributed by atoms with Gasteiger partial charge in [-0.3, -0.25) is 4.57 Å². The van der Waals surface area contributed by atoms with Crippen LogP contribution in [0.4, 0.5) is 19.1 Å². The van der Waals surface area contributed by atoms with E-state index in [0.29, 0.717) is 0 Å². The smallest absolute Gasteiger partial charge is 0.206 e. The Labute approximate surface area is 106 Å². The van der Waals surface area contributed by atoms with Crippen molar-refractivity contribution in [3.63, 3.8) is 0 Å². The third-order valence-corrected chi connectivity index (χ3v) is 2.81. The van der Waals surface area contributed by atoms with E-state index in [9.17, 15) is 13.2 Å². The predicted octanol–water partition coefficient (Wildman–Crippen LogP) is 3.03. The molecule has 0 spiro atoms. The summed E-state index contributed by atoms with van der Waals surface area (Å²) in [6.07, 6.45) is 0. The van der Waals surface area contributed by atoms with Gasteiger partial charge in [0.2, 0.25) is 5.95 Å². The monoisotopic (exact) mass is 263 g/mol. The normalized spacial score (nSPS) is 11.1. The van der Waals surface area contributed by atoms with Crippen molar-refractivity contribution in [1.82, 2.24) is 9.55 Å². The molecule has 0 saturated carbocycles. The van der Waals surface area contributed by atoms with Gasteiger partial charge in [-0.15, -0.1) is 0 Å². The molecule has 2 N–H and O–H groups in total. The fourth-order valence-electron chi connectivity index (χ4n) is 1.99. The van der Waals surface area contributed by atoms with E-state index >= 15 is 0 Å². The van der Waals surface area contributed by atoms with Gasteiger partial charge in [0.1, 0.15) is 17.2 Å². The van der Waals surface area contributed by atoms with Crippen LogP contribution in [0.15, 0.2) is 36.4 Å². The van der Waals surface area contributed by atoms with Crippen molar-refractivity contribution in [2.75, 3.05) is 5.73 Å². The lowest BCUT2D eigenvalue weighted by Crippen LogP contribution is -2.03. The van der Waals surface area contributed by atoms with Gasteiger partial charge in [-0.2, -0.15) is 0 Å². The molecule has 96 valence electrons. The van der Waals surface area contributed by atoms with Crippen molar-refractivity contribution in [3.05, 3.63) is 53.8 Å². The molecule has 0 amide bonds. The van der Waals surface area contributed by atoms with Crippen LogP contribution in [0.1, 0.15) is 0 Å². The molecule has 0 atom stereocenters. The molecule has 2 aromatic carbocycles. The average molecular weight is 263 g/mol. The SMILES string of the molecule is Nc1nc2c(F)cccc2n1-c1cc(F)ccc1F. The summed E-state index contributed by atoms with van der Waals surface area (Å²) >= 11 is 0. The number of aromatic nitrogens is 2. The van der Waals surface area contributed by atoms with Crippen LogP contribution in [0.3, 0.4) is 0 Å². The second-order valence-electron chi connectivity index (χ2n) is 4.01. The molecule has 0 aliphatic heterocycles. The maximum absolute atomic E-state index is 13.8. The predicted molar refractivity (Wildman–Crippen MR) is 65.4 cm³/mol. The summed E-state index contributed by atoms with van der Waals surface area (Å²) in [5.41, 5.74) is 5.86. The number of nitrogens with two attached hydrogens (primary N) is 1. The van der Waals surface area contributed by atoms with E-state index in [1.807, 2.05) is 0 Å². The van der Waals surface area contributed by atoms with Gasteiger partial charge in [0.05, 0.1) is 11.2 Å². The molecule has 0 radical (unpaired) electrons. The first-order valence-corrected chi connectivity index (χ1v) is 5.46. The zero-order valence-corrected chi connectivity index (χ0v) is 9.57. The number of halogens is 3. The van der Waals surface area contributed by atoms with Gasteiger partial charge in [0, 0.05) is 6.07 Å². The van der Waals surface area contributed by atoms with Crippen LogP contribution in [0.2, 0.25) is 0 Å². The zero-order chi connectivity index (χ0) is 13.6. The van der Waals surface area contributed by atoms with Crippen molar-refractivity contribution >= 4 is 17.0 Å². The molecule has 19 heavy (non-hydrogen) atoms. The first-order valence-electron chi connectivity index (χ1n) is 5.46.